The number of amides is 1. The lowest BCUT2D eigenvalue weighted by atomic mass is 10.1. The third-order valence-corrected chi connectivity index (χ3v) is 4.30. The van der Waals surface area contributed by atoms with Gasteiger partial charge in [0.15, 0.2) is 0 Å². The van der Waals surface area contributed by atoms with Crippen LogP contribution in [0.15, 0.2) is 34.2 Å². The van der Waals surface area contributed by atoms with Crippen LogP contribution in [0.4, 0.5) is 13.2 Å². The summed E-state index contributed by atoms with van der Waals surface area (Å²) < 4.78 is 39.0. The average molecular weight is 303 g/mol. The molecule has 2 nitrogen and oxygen atoms in total. The van der Waals surface area contributed by atoms with Gasteiger partial charge in [0.1, 0.15) is 4.38 Å². The molecule has 1 aromatic carbocycles. The molecular formula is C12H8F3NOS2. The fourth-order valence-corrected chi connectivity index (χ4v) is 2.91. The number of rotatable bonds is 1. The van der Waals surface area contributed by atoms with E-state index in [2.05, 4.69) is 4.99 Å². The fourth-order valence-electron chi connectivity index (χ4n) is 1.50. The molecule has 0 fully saturated rings. The molecule has 0 bridgehead atoms. The van der Waals surface area contributed by atoms with Gasteiger partial charge in [-0.2, -0.15) is 18.2 Å². The third-order valence-electron chi connectivity index (χ3n) is 2.33. The van der Waals surface area contributed by atoms with Gasteiger partial charge in [0, 0.05) is 0 Å². The second-order valence-electron chi connectivity index (χ2n) is 3.58. The van der Waals surface area contributed by atoms with Crippen LogP contribution in [0.2, 0.25) is 0 Å². The zero-order valence-corrected chi connectivity index (χ0v) is 11.3. The maximum atomic E-state index is 12.8. The molecule has 0 N–H and O–H groups in total. The molecule has 1 aliphatic heterocycles. The number of hydrogen-bond donors (Lipinski definition) is 0. The summed E-state index contributed by atoms with van der Waals surface area (Å²) in [6.07, 6.45) is -1.45. The van der Waals surface area contributed by atoms with Gasteiger partial charge in [-0.1, -0.05) is 30.0 Å². The summed E-state index contributed by atoms with van der Waals surface area (Å²) in [5.41, 5.74) is -0.781. The molecule has 0 spiro atoms. The van der Waals surface area contributed by atoms with Crippen LogP contribution in [0.25, 0.3) is 6.08 Å². The number of thioether (sulfide) groups is 2. The molecule has 0 atom stereocenters. The van der Waals surface area contributed by atoms with E-state index in [1.807, 2.05) is 0 Å². The second kappa shape index (κ2) is 5.42. The van der Waals surface area contributed by atoms with Crippen LogP contribution in [-0.2, 0) is 11.0 Å². The molecule has 2 rings (SSSR count). The minimum atomic E-state index is -4.44. The van der Waals surface area contributed by atoms with Gasteiger partial charge in [0.05, 0.1) is 10.5 Å². The monoisotopic (exact) mass is 303 g/mol. The van der Waals surface area contributed by atoms with Crippen LogP contribution in [0.3, 0.4) is 0 Å². The molecule has 0 saturated heterocycles. The van der Waals surface area contributed by atoms with Crippen molar-refractivity contribution < 1.29 is 18.0 Å². The Bertz CT molecular complexity index is 579. The van der Waals surface area contributed by atoms with Crippen LogP contribution in [0.1, 0.15) is 11.1 Å². The van der Waals surface area contributed by atoms with Crippen LogP contribution >= 0.6 is 23.5 Å². The van der Waals surface area contributed by atoms with Crippen molar-refractivity contribution in [3.8, 4) is 0 Å². The van der Waals surface area contributed by atoms with Crippen molar-refractivity contribution in [2.75, 3.05) is 6.26 Å². The topological polar surface area (TPSA) is 29.4 Å². The first-order chi connectivity index (χ1) is 8.91. The molecule has 0 aromatic heterocycles. The van der Waals surface area contributed by atoms with Crippen molar-refractivity contribution in [1.29, 1.82) is 0 Å². The zero-order valence-electron chi connectivity index (χ0n) is 9.69. The lowest BCUT2D eigenvalue weighted by Crippen LogP contribution is -2.07. The summed E-state index contributed by atoms with van der Waals surface area (Å²) >= 11 is 2.38. The summed E-state index contributed by atoms with van der Waals surface area (Å²) in [6.45, 7) is 0. The van der Waals surface area contributed by atoms with Crippen LogP contribution in [0, 0.1) is 0 Å². The number of benzene rings is 1. The highest BCUT2D eigenvalue weighted by Gasteiger charge is 2.33. The molecule has 19 heavy (non-hydrogen) atoms. The molecule has 0 unspecified atom stereocenters. The Balaban J connectivity index is 2.38. The Morgan fingerprint density at radius 1 is 1.32 bits per heavy atom. The minimum absolute atomic E-state index is 0.0246. The van der Waals surface area contributed by atoms with Crippen molar-refractivity contribution in [2.24, 2.45) is 4.99 Å². The van der Waals surface area contributed by atoms with Crippen molar-refractivity contribution in [3.05, 3.63) is 40.3 Å². The lowest BCUT2D eigenvalue weighted by Gasteiger charge is -2.09. The SMILES string of the molecule is CSC1=NC(=O)/C(=C/c2ccccc2C(F)(F)F)S1. The van der Waals surface area contributed by atoms with Gasteiger partial charge in [0.2, 0.25) is 0 Å². The Hall–Kier alpha value is -1.21. The number of aliphatic imine (C=N–C) groups is 1. The third kappa shape index (κ3) is 3.22. The summed E-state index contributed by atoms with van der Waals surface area (Å²) in [6, 6.07) is 5.15. The molecule has 1 heterocycles. The first-order valence-electron chi connectivity index (χ1n) is 5.14. The van der Waals surface area contributed by atoms with Crippen molar-refractivity contribution in [3.63, 3.8) is 0 Å². The Morgan fingerprint density at radius 3 is 2.58 bits per heavy atom. The predicted molar refractivity (Wildman–Crippen MR) is 73.0 cm³/mol. The largest absolute Gasteiger partial charge is 0.416 e. The van der Waals surface area contributed by atoms with E-state index >= 15 is 0 Å². The van der Waals surface area contributed by atoms with Gasteiger partial charge < -0.3 is 0 Å². The van der Waals surface area contributed by atoms with Crippen LogP contribution in [0.5, 0.6) is 0 Å². The molecule has 0 saturated carbocycles. The van der Waals surface area contributed by atoms with Crippen molar-refractivity contribution >= 4 is 39.9 Å². The Kier molecular flexibility index (Phi) is 4.05. The standard InChI is InChI=1S/C12H8F3NOS2/c1-18-11-16-10(17)9(19-11)6-7-4-2-3-5-8(7)12(13,14)15/h2-6H,1H3/b9-6-. The van der Waals surface area contributed by atoms with E-state index in [0.29, 0.717) is 4.38 Å². The number of nitrogens with zero attached hydrogens (tertiary/aromatic N) is 1. The first-order valence-corrected chi connectivity index (χ1v) is 7.18. The molecule has 0 radical (unpaired) electrons. The minimum Gasteiger partial charge on any atom is -0.266 e. The highest BCUT2D eigenvalue weighted by Crippen LogP contribution is 2.36. The second-order valence-corrected chi connectivity index (χ2v) is 5.67. The van der Waals surface area contributed by atoms with Crippen LogP contribution in [-0.4, -0.2) is 16.5 Å². The van der Waals surface area contributed by atoms with Gasteiger partial charge in [-0.05, 0) is 24.0 Å². The summed E-state index contributed by atoms with van der Waals surface area (Å²) in [5.74, 6) is -0.494. The van der Waals surface area contributed by atoms with E-state index in [1.165, 1.54) is 36.0 Å². The molecule has 0 aliphatic carbocycles. The maximum Gasteiger partial charge on any atom is 0.416 e. The van der Waals surface area contributed by atoms with Gasteiger partial charge in [0.25, 0.3) is 5.91 Å². The predicted octanol–water partition coefficient (Wildman–Crippen LogP) is 4.04. The van der Waals surface area contributed by atoms with E-state index in [1.54, 1.807) is 6.26 Å². The summed E-state index contributed by atoms with van der Waals surface area (Å²) in [4.78, 5) is 15.5. The van der Waals surface area contributed by atoms with Crippen molar-refractivity contribution in [1.82, 2.24) is 0 Å². The van der Waals surface area contributed by atoms with Crippen LogP contribution < -0.4 is 0 Å². The van der Waals surface area contributed by atoms with Gasteiger partial charge in [-0.25, -0.2) is 0 Å². The Morgan fingerprint density at radius 2 is 2.00 bits per heavy atom. The first kappa shape index (κ1) is 14.2. The number of alkyl halides is 3. The van der Waals surface area contributed by atoms with Gasteiger partial charge >= 0.3 is 6.18 Å². The zero-order chi connectivity index (χ0) is 14.0. The normalized spacial score (nSPS) is 18.0. The van der Waals surface area contributed by atoms with E-state index in [9.17, 15) is 18.0 Å². The number of carbonyl (C=O) groups excluding carboxylic acids is 1. The van der Waals surface area contributed by atoms with Gasteiger partial charge in [-0.15, -0.1) is 11.8 Å². The van der Waals surface area contributed by atoms with E-state index in [-0.39, 0.29) is 10.5 Å². The molecular weight excluding hydrogens is 295 g/mol. The average Bonchev–Trinajstić information content (AvgIpc) is 2.70. The lowest BCUT2D eigenvalue weighted by molar-refractivity contribution is -0.137. The highest BCUT2D eigenvalue weighted by molar-refractivity contribution is 8.40. The van der Waals surface area contributed by atoms with Crippen molar-refractivity contribution in [2.45, 2.75) is 6.18 Å². The molecule has 7 heteroatoms. The molecule has 1 aliphatic rings. The number of hydrogen-bond acceptors (Lipinski definition) is 3. The molecule has 1 aromatic rings. The van der Waals surface area contributed by atoms with E-state index < -0.39 is 17.6 Å². The smallest absolute Gasteiger partial charge is 0.266 e. The van der Waals surface area contributed by atoms with E-state index in [4.69, 9.17) is 0 Å². The molecule has 100 valence electrons. The summed E-state index contributed by atoms with van der Waals surface area (Å²) in [7, 11) is 0. The Labute approximate surface area is 116 Å². The number of carbonyl (C=O) groups is 1. The fraction of sp³-hybridized carbons (Fsp3) is 0.167. The number of halogens is 3. The summed E-state index contributed by atoms with van der Waals surface area (Å²) in [5, 5.41) is 0. The molecule has 1 amide bonds. The maximum absolute atomic E-state index is 12.8. The van der Waals surface area contributed by atoms with E-state index in [0.717, 1.165) is 17.8 Å². The van der Waals surface area contributed by atoms with Gasteiger partial charge in [-0.3, -0.25) is 4.79 Å². The highest BCUT2D eigenvalue weighted by atomic mass is 32.2. The quantitative estimate of drug-likeness (QED) is 0.733.